The van der Waals surface area contributed by atoms with Gasteiger partial charge in [-0.25, -0.2) is 8.42 Å². The van der Waals surface area contributed by atoms with Gasteiger partial charge in [-0.3, -0.25) is 4.90 Å². The topological polar surface area (TPSA) is 49.9 Å². The van der Waals surface area contributed by atoms with Gasteiger partial charge in [-0.1, -0.05) is 17.7 Å². The first-order valence-electron chi connectivity index (χ1n) is 8.57. The molecule has 1 saturated heterocycles. The quantitative estimate of drug-likeness (QED) is 0.753. The molecule has 0 amide bonds. The molecular formula is C19H23ClN2O3S. The number of sulfone groups is 1. The summed E-state index contributed by atoms with van der Waals surface area (Å²) in [5, 5.41) is 0.539. The Morgan fingerprint density at radius 3 is 2.38 bits per heavy atom. The molecule has 0 radical (unpaired) electrons. The van der Waals surface area contributed by atoms with E-state index in [0.29, 0.717) is 16.5 Å². The number of ether oxygens (including phenoxy) is 1. The summed E-state index contributed by atoms with van der Waals surface area (Å²) in [6.45, 7) is 3.96. The molecule has 2 aromatic carbocycles. The third-order valence-corrected chi connectivity index (χ3v) is 6.60. The molecule has 26 heavy (non-hydrogen) atoms. The minimum Gasteiger partial charge on any atom is -0.497 e. The zero-order chi connectivity index (χ0) is 18.6. The second kappa shape index (κ2) is 8.29. The van der Waals surface area contributed by atoms with E-state index < -0.39 is 9.84 Å². The fraction of sp³-hybridized carbons (Fsp3) is 0.368. The number of halogens is 1. The van der Waals surface area contributed by atoms with Gasteiger partial charge in [-0.15, -0.1) is 0 Å². The zero-order valence-corrected chi connectivity index (χ0v) is 16.3. The standard InChI is InChI=1S/C19H23ClN2O3S/c1-25-18-4-2-3-17(15-18)22-11-9-21(10-12-22)13-14-26(23,24)19-7-5-16(20)6-8-19/h2-8,15H,9-14H2,1H3. The Labute approximate surface area is 160 Å². The smallest absolute Gasteiger partial charge is 0.179 e. The average molecular weight is 395 g/mol. The molecule has 7 heteroatoms. The van der Waals surface area contributed by atoms with E-state index >= 15 is 0 Å². The van der Waals surface area contributed by atoms with E-state index in [4.69, 9.17) is 16.3 Å². The van der Waals surface area contributed by atoms with Crippen LogP contribution in [-0.4, -0.2) is 58.9 Å². The maximum Gasteiger partial charge on any atom is 0.179 e. The van der Waals surface area contributed by atoms with Gasteiger partial charge < -0.3 is 9.64 Å². The minimum atomic E-state index is -3.28. The zero-order valence-electron chi connectivity index (χ0n) is 14.8. The largest absolute Gasteiger partial charge is 0.497 e. The van der Waals surface area contributed by atoms with Crippen LogP contribution in [0.4, 0.5) is 5.69 Å². The lowest BCUT2D eigenvalue weighted by Crippen LogP contribution is -2.47. The summed E-state index contributed by atoms with van der Waals surface area (Å²) in [7, 11) is -1.62. The SMILES string of the molecule is COc1cccc(N2CCN(CCS(=O)(=O)c3ccc(Cl)cc3)CC2)c1. The van der Waals surface area contributed by atoms with Crippen LogP contribution in [0.2, 0.25) is 5.02 Å². The van der Waals surface area contributed by atoms with Crippen LogP contribution >= 0.6 is 11.6 Å². The summed E-state index contributed by atoms with van der Waals surface area (Å²) < 4.78 is 30.2. The molecule has 1 aliphatic rings. The van der Waals surface area contributed by atoms with Crippen molar-refractivity contribution in [2.45, 2.75) is 4.90 Å². The van der Waals surface area contributed by atoms with Gasteiger partial charge in [-0.05, 0) is 36.4 Å². The molecule has 0 bridgehead atoms. The van der Waals surface area contributed by atoms with Gasteiger partial charge in [0.2, 0.25) is 0 Å². The third-order valence-electron chi connectivity index (χ3n) is 4.64. The van der Waals surface area contributed by atoms with E-state index in [1.54, 1.807) is 31.4 Å². The molecule has 5 nitrogen and oxygen atoms in total. The predicted octanol–water partition coefficient (Wildman–Crippen LogP) is 2.94. The molecule has 0 saturated carbocycles. The highest BCUT2D eigenvalue weighted by molar-refractivity contribution is 7.91. The fourth-order valence-electron chi connectivity index (χ4n) is 3.05. The summed E-state index contributed by atoms with van der Waals surface area (Å²) in [5.74, 6) is 0.965. The molecule has 0 spiro atoms. The van der Waals surface area contributed by atoms with Gasteiger partial charge in [0, 0.05) is 49.5 Å². The molecule has 0 atom stereocenters. The van der Waals surface area contributed by atoms with Gasteiger partial charge in [-0.2, -0.15) is 0 Å². The van der Waals surface area contributed by atoms with Crippen molar-refractivity contribution < 1.29 is 13.2 Å². The van der Waals surface area contributed by atoms with Crippen molar-refractivity contribution in [1.82, 2.24) is 4.90 Å². The van der Waals surface area contributed by atoms with Crippen LogP contribution in [0, 0.1) is 0 Å². The van der Waals surface area contributed by atoms with Gasteiger partial charge >= 0.3 is 0 Å². The Morgan fingerprint density at radius 2 is 1.73 bits per heavy atom. The number of hydrogen-bond donors (Lipinski definition) is 0. The monoisotopic (exact) mass is 394 g/mol. The van der Waals surface area contributed by atoms with Gasteiger partial charge in [0.15, 0.2) is 9.84 Å². The highest BCUT2D eigenvalue weighted by atomic mass is 35.5. The maximum absolute atomic E-state index is 12.4. The van der Waals surface area contributed by atoms with Gasteiger partial charge in [0.1, 0.15) is 5.75 Å². The molecular weight excluding hydrogens is 372 g/mol. The number of rotatable bonds is 6. The van der Waals surface area contributed by atoms with E-state index in [2.05, 4.69) is 15.9 Å². The number of anilines is 1. The Bertz CT molecular complexity index is 832. The molecule has 0 N–H and O–H groups in total. The van der Waals surface area contributed by atoms with Crippen molar-refractivity contribution in [3.63, 3.8) is 0 Å². The first kappa shape index (κ1) is 19.0. The maximum atomic E-state index is 12.4. The Balaban J connectivity index is 1.53. The van der Waals surface area contributed by atoms with Crippen LogP contribution in [0.1, 0.15) is 0 Å². The van der Waals surface area contributed by atoms with Gasteiger partial charge in [0.25, 0.3) is 0 Å². The van der Waals surface area contributed by atoms with Crippen molar-refractivity contribution in [2.24, 2.45) is 0 Å². The fourth-order valence-corrected chi connectivity index (χ4v) is 4.46. The van der Waals surface area contributed by atoms with Crippen LogP contribution < -0.4 is 9.64 Å². The summed E-state index contributed by atoms with van der Waals surface area (Å²) in [5.41, 5.74) is 1.14. The first-order valence-corrected chi connectivity index (χ1v) is 10.6. The molecule has 1 heterocycles. The normalized spacial score (nSPS) is 15.8. The number of benzene rings is 2. The average Bonchev–Trinajstić information content (AvgIpc) is 2.67. The van der Waals surface area contributed by atoms with Crippen molar-refractivity contribution in [3.05, 3.63) is 53.6 Å². The van der Waals surface area contributed by atoms with E-state index in [0.717, 1.165) is 37.6 Å². The molecule has 1 aliphatic heterocycles. The summed E-state index contributed by atoms with van der Waals surface area (Å²) in [6, 6.07) is 14.4. The van der Waals surface area contributed by atoms with Crippen LogP contribution in [0.5, 0.6) is 5.75 Å². The number of methoxy groups -OCH3 is 1. The highest BCUT2D eigenvalue weighted by Gasteiger charge is 2.21. The van der Waals surface area contributed by atoms with Crippen LogP contribution in [0.15, 0.2) is 53.4 Å². The number of hydrogen-bond acceptors (Lipinski definition) is 5. The second-order valence-electron chi connectivity index (χ2n) is 6.30. The Hall–Kier alpha value is -1.76. The second-order valence-corrected chi connectivity index (χ2v) is 8.85. The number of nitrogens with zero attached hydrogens (tertiary/aromatic N) is 2. The molecule has 0 unspecified atom stereocenters. The first-order chi connectivity index (χ1) is 12.5. The lowest BCUT2D eigenvalue weighted by molar-refractivity contribution is 0.272. The van der Waals surface area contributed by atoms with E-state index in [-0.39, 0.29) is 5.75 Å². The molecule has 140 valence electrons. The van der Waals surface area contributed by atoms with Gasteiger partial charge in [0.05, 0.1) is 17.8 Å². The lowest BCUT2D eigenvalue weighted by Gasteiger charge is -2.36. The summed E-state index contributed by atoms with van der Waals surface area (Å²) in [4.78, 5) is 4.83. The van der Waals surface area contributed by atoms with Crippen molar-refractivity contribution in [3.8, 4) is 5.75 Å². The van der Waals surface area contributed by atoms with Crippen molar-refractivity contribution in [1.29, 1.82) is 0 Å². The summed E-state index contributed by atoms with van der Waals surface area (Å²) in [6.07, 6.45) is 0. The van der Waals surface area contributed by atoms with Crippen LogP contribution in [-0.2, 0) is 9.84 Å². The molecule has 2 aromatic rings. The van der Waals surface area contributed by atoms with Crippen LogP contribution in [0.25, 0.3) is 0 Å². The summed E-state index contributed by atoms with van der Waals surface area (Å²) >= 11 is 5.83. The molecule has 0 aromatic heterocycles. The lowest BCUT2D eigenvalue weighted by atomic mass is 10.2. The minimum absolute atomic E-state index is 0.119. The van der Waals surface area contributed by atoms with E-state index in [9.17, 15) is 8.42 Å². The number of piperazine rings is 1. The molecule has 3 rings (SSSR count). The predicted molar refractivity (Wildman–Crippen MR) is 105 cm³/mol. The molecule has 1 fully saturated rings. The highest BCUT2D eigenvalue weighted by Crippen LogP contribution is 2.22. The third kappa shape index (κ3) is 4.69. The van der Waals surface area contributed by atoms with Crippen molar-refractivity contribution >= 4 is 27.1 Å². The van der Waals surface area contributed by atoms with E-state index in [1.807, 2.05) is 18.2 Å². The Kier molecular flexibility index (Phi) is 6.06. The molecule has 0 aliphatic carbocycles. The Morgan fingerprint density at radius 1 is 1.04 bits per heavy atom. The van der Waals surface area contributed by atoms with Crippen molar-refractivity contribution in [2.75, 3.05) is 50.5 Å². The van der Waals surface area contributed by atoms with E-state index in [1.165, 1.54) is 0 Å². The van der Waals surface area contributed by atoms with Crippen LogP contribution in [0.3, 0.4) is 0 Å².